The summed E-state index contributed by atoms with van der Waals surface area (Å²) in [6, 6.07) is 3.61. The van der Waals surface area contributed by atoms with E-state index in [0.717, 1.165) is 25.7 Å². The van der Waals surface area contributed by atoms with Crippen molar-refractivity contribution in [1.29, 1.82) is 0 Å². The summed E-state index contributed by atoms with van der Waals surface area (Å²) in [6.07, 6.45) is 6.41. The molecule has 0 bridgehead atoms. The molecule has 2 atom stereocenters. The molecule has 1 saturated carbocycles. The fraction of sp³-hybridized carbons (Fsp3) is 0.583. The third-order valence-corrected chi connectivity index (χ3v) is 2.99. The number of ether oxygens (including phenoxy) is 2. The summed E-state index contributed by atoms with van der Waals surface area (Å²) in [7, 11) is 1.75. The van der Waals surface area contributed by atoms with Crippen molar-refractivity contribution in [2.24, 2.45) is 0 Å². The van der Waals surface area contributed by atoms with Gasteiger partial charge < -0.3 is 15.2 Å². The molecule has 0 saturated heterocycles. The molecule has 1 fully saturated rings. The fourth-order valence-electron chi connectivity index (χ4n) is 2.08. The van der Waals surface area contributed by atoms with E-state index in [1.807, 2.05) is 0 Å². The molecule has 0 spiro atoms. The highest BCUT2D eigenvalue weighted by Gasteiger charge is 2.23. The maximum absolute atomic E-state index is 5.80. The Morgan fingerprint density at radius 1 is 1.38 bits per heavy atom. The number of aromatic nitrogens is 1. The zero-order valence-electron chi connectivity index (χ0n) is 9.56. The smallest absolute Gasteiger partial charge is 0.237 e. The maximum atomic E-state index is 5.80. The van der Waals surface area contributed by atoms with Crippen molar-refractivity contribution in [2.75, 3.05) is 12.8 Å². The third-order valence-electron chi connectivity index (χ3n) is 2.99. The van der Waals surface area contributed by atoms with Crippen LogP contribution in [0.1, 0.15) is 25.7 Å². The number of pyridine rings is 1. The molecule has 4 heteroatoms. The van der Waals surface area contributed by atoms with Gasteiger partial charge in [0.15, 0.2) is 0 Å². The number of anilines is 1. The van der Waals surface area contributed by atoms with Crippen molar-refractivity contribution in [2.45, 2.75) is 37.9 Å². The van der Waals surface area contributed by atoms with Crippen LogP contribution in [0.3, 0.4) is 0 Å². The van der Waals surface area contributed by atoms with E-state index >= 15 is 0 Å². The summed E-state index contributed by atoms with van der Waals surface area (Å²) in [6.45, 7) is 0. The highest BCUT2D eigenvalue weighted by atomic mass is 16.5. The van der Waals surface area contributed by atoms with E-state index in [1.54, 1.807) is 25.4 Å². The second-order valence-corrected chi connectivity index (χ2v) is 4.16. The number of nitrogens with two attached hydrogens (primary N) is 1. The van der Waals surface area contributed by atoms with Gasteiger partial charge in [0.25, 0.3) is 0 Å². The second kappa shape index (κ2) is 5.16. The van der Waals surface area contributed by atoms with Crippen molar-refractivity contribution in [1.82, 2.24) is 4.98 Å². The number of rotatable bonds is 3. The summed E-state index contributed by atoms with van der Waals surface area (Å²) in [5.41, 5.74) is 6.39. The number of nitrogens with zero attached hydrogens (tertiary/aromatic N) is 1. The Hall–Kier alpha value is -1.29. The largest absolute Gasteiger partial charge is 0.473 e. The first-order valence-electron chi connectivity index (χ1n) is 5.69. The minimum absolute atomic E-state index is 0.177. The lowest BCUT2D eigenvalue weighted by molar-refractivity contribution is 0.0198. The molecule has 1 unspecified atom stereocenters. The molecule has 1 heterocycles. The normalized spacial score (nSPS) is 25.3. The maximum Gasteiger partial charge on any atom is 0.237 e. The van der Waals surface area contributed by atoms with E-state index in [-0.39, 0.29) is 6.10 Å². The average molecular weight is 222 g/mol. The Morgan fingerprint density at radius 2 is 2.19 bits per heavy atom. The zero-order chi connectivity index (χ0) is 11.4. The third kappa shape index (κ3) is 2.64. The van der Waals surface area contributed by atoms with Crippen molar-refractivity contribution in [3.05, 3.63) is 18.3 Å². The van der Waals surface area contributed by atoms with Crippen LogP contribution < -0.4 is 10.5 Å². The van der Waals surface area contributed by atoms with E-state index in [1.165, 1.54) is 0 Å². The van der Waals surface area contributed by atoms with Crippen molar-refractivity contribution in [3.8, 4) is 5.88 Å². The molecular weight excluding hydrogens is 204 g/mol. The van der Waals surface area contributed by atoms with Gasteiger partial charge in [0.05, 0.1) is 11.8 Å². The molecule has 0 aliphatic heterocycles. The SMILES string of the molecule is CO[C@@H]1CCCC(Oc2ncccc2N)C1. The molecule has 1 aromatic heterocycles. The predicted molar refractivity (Wildman–Crippen MR) is 62.3 cm³/mol. The Labute approximate surface area is 95.8 Å². The van der Waals surface area contributed by atoms with Crippen molar-refractivity contribution < 1.29 is 9.47 Å². The lowest BCUT2D eigenvalue weighted by Crippen LogP contribution is -2.29. The van der Waals surface area contributed by atoms with Gasteiger partial charge in [-0.2, -0.15) is 0 Å². The summed E-state index contributed by atoms with van der Waals surface area (Å²) in [4.78, 5) is 4.14. The summed E-state index contributed by atoms with van der Waals surface area (Å²) in [5, 5.41) is 0. The van der Waals surface area contributed by atoms with Gasteiger partial charge in [0.1, 0.15) is 6.10 Å². The zero-order valence-corrected chi connectivity index (χ0v) is 9.56. The van der Waals surface area contributed by atoms with Crippen LogP contribution in [0.25, 0.3) is 0 Å². The van der Waals surface area contributed by atoms with Gasteiger partial charge in [-0.25, -0.2) is 4.98 Å². The molecule has 88 valence electrons. The van der Waals surface area contributed by atoms with Gasteiger partial charge in [-0.05, 0) is 31.4 Å². The van der Waals surface area contributed by atoms with E-state index in [2.05, 4.69) is 4.98 Å². The molecule has 2 N–H and O–H groups in total. The van der Waals surface area contributed by atoms with Crippen LogP contribution in [0, 0.1) is 0 Å². The first kappa shape index (κ1) is 11.2. The van der Waals surface area contributed by atoms with Crippen LogP contribution >= 0.6 is 0 Å². The minimum atomic E-state index is 0.177. The van der Waals surface area contributed by atoms with E-state index < -0.39 is 0 Å². The van der Waals surface area contributed by atoms with Gasteiger partial charge in [0, 0.05) is 19.7 Å². The molecule has 16 heavy (non-hydrogen) atoms. The van der Waals surface area contributed by atoms with Gasteiger partial charge >= 0.3 is 0 Å². The quantitative estimate of drug-likeness (QED) is 0.849. The lowest BCUT2D eigenvalue weighted by atomic mass is 9.95. The molecule has 0 radical (unpaired) electrons. The lowest BCUT2D eigenvalue weighted by Gasteiger charge is -2.28. The van der Waals surface area contributed by atoms with Crippen molar-refractivity contribution >= 4 is 5.69 Å². The Morgan fingerprint density at radius 3 is 2.94 bits per heavy atom. The standard InChI is InChI=1S/C12H18N2O2/c1-15-9-4-2-5-10(8-9)16-12-11(13)6-3-7-14-12/h3,6-7,9-10H,2,4-5,8,13H2,1H3/t9-,10?/m1/s1. The number of methoxy groups -OCH3 is 1. The Kier molecular flexibility index (Phi) is 3.62. The predicted octanol–water partition coefficient (Wildman–Crippen LogP) is 2.00. The highest BCUT2D eigenvalue weighted by molar-refractivity contribution is 5.46. The first-order chi connectivity index (χ1) is 7.79. The van der Waals surface area contributed by atoms with E-state index in [9.17, 15) is 0 Å². The fourth-order valence-corrected chi connectivity index (χ4v) is 2.08. The summed E-state index contributed by atoms with van der Waals surface area (Å²) in [5.74, 6) is 0.546. The van der Waals surface area contributed by atoms with Gasteiger partial charge in [-0.15, -0.1) is 0 Å². The van der Waals surface area contributed by atoms with Gasteiger partial charge in [-0.3, -0.25) is 0 Å². The topological polar surface area (TPSA) is 57.4 Å². The molecule has 1 aliphatic carbocycles. The number of hydrogen-bond acceptors (Lipinski definition) is 4. The summed E-state index contributed by atoms with van der Waals surface area (Å²) >= 11 is 0. The van der Waals surface area contributed by atoms with Crippen LogP contribution in [0.15, 0.2) is 18.3 Å². The molecular formula is C12H18N2O2. The monoisotopic (exact) mass is 222 g/mol. The molecule has 0 amide bonds. The van der Waals surface area contributed by atoms with Crippen LogP contribution in [-0.4, -0.2) is 24.3 Å². The summed E-state index contributed by atoms with van der Waals surface area (Å²) < 4.78 is 11.2. The minimum Gasteiger partial charge on any atom is -0.473 e. The second-order valence-electron chi connectivity index (χ2n) is 4.16. The van der Waals surface area contributed by atoms with Crippen LogP contribution in [-0.2, 0) is 4.74 Å². The Bertz CT molecular complexity index is 344. The highest BCUT2D eigenvalue weighted by Crippen LogP contribution is 2.26. The van der Waals surface area contributed by atoms with Crippen LogP contribution in [0.2, 0.25) is 0 Å². The van der Waals surface area contributed by atoms with Crippen LogP contribution in [0.5, 0.6) is 5.88 Å². The Balaban J connectivity index is 1.97. The number of nitrogen functional groups attached to an aromatic ring is 1. The average Bonchev–Trinajstić information content (AvgIpc) is 2.32. The molecule has 0 aromatic carbocycles. The molecule has 4 nitrogen and oxygen atoms in total. The molecule has 1 aliphatic rings. The first-order valence-corrected chi connectivity index (χ1v) is 5.69. The van der Waals surface area contributed by atoms with Crippen molar-refractivity contribution in [3.63, 3.8) is 0 Å². The van der Waals surface area contributed by atoms with Gasteiger partial charge in [0.2, 0.25) is 5.88 Å². The van der Waals surface area contributed by atoms with Gasteiger partial charge in [-0.1, -0.05) is 0 Å². The molecule has 1 aromatic rings. The van der Waals surface area contributed by atoms with E-state index in [0.29, 0.717) is 17.7 Å². The molecule has 2 rings (SSSR count). The number of hydrogen-bond donors (Lipinski definition) is 1. The van der Waals surface area contributed by atoms with E-state index in [4.69, 9.17) is 15.2 Å². The van der Waals surface area contributed by atoms with Crippen LogP contribution in [0.4, 0.5) is 5.69 Å².